The molecule has 0 saturated heterocycles. The monoisotopic (exact) mass is 356 g/mol. The molecule has 0 aliphatic rings. The summed E-state index contributed by atoms with van der Waals surface area (Å²) in [6.45, 7) is 9.97. The van der Waals surface area contributed by atoms with Gasteiger partial charge in [-0.2, -0.15) is 0 Å². The highest BCUT2D eigenvalue weighted by Crippen LogP contribution is 2.11. The number of hydrogen-bond acceptors (Lipinski definition) is 3. The third-order valence-electron chi connectivity index (χ3n) is 4.93. The largest absolute Gasteiger partial charge is 0.356 e. The summed E-state index contributed by atoms with van der Waals surface area (Å²) in [6.07, 6.45) is 2.32. The van der Waals surface area contributed by atoms with Gasteiger partial charge in [-0.1, -0.05) is 57.0 Å². The van der Waals surface area contributed by atoms with Crippen LogP contribution in [0.2, 0.25) is 0 Å². The quantitative estimate of drug-likeness (QED) is 0.562. The molecule has 2 aromatic rings. The highest BCUT2D eigenvalue weighted by molar-refractivity contribution is 5.80. The maximum Gasteiger partial charge on any atom is 0.192 e. The van der Waals surface area contributed by atoms with Crippen LogP contribution < -0.4 is 10.6 Å². The van der Waals surface area contributed by atoms with Crippen molar-refractivity contribution in [3.05, 3.63) is 47.5 Å². The molecule has 0 radical (unpaired) electrons. The first kappa shape index (κ1) is 19.9. The molecule has 2 N–H and O–H groups in total. The molecule has 6 heteroatoms. The molecule has 0 amide bonds. The van der Waals surface area contributed by atoms with Gasteiger partial charge in [-0.05, 0) is 25.3 Å². The van der Waals surface area contributed by atoms with Crippen molar-refractivity contribution in [1.82, 2.24) is 25.4 Å². The first-order chi connectivity index (χ1) is 12.5. The molecule has 0 saturated carbocycles. The summed E-state index contributed by atoms with van der Waals surface area (Å²) in [5, 5.41) is 15.3. The summed E-state index contributed by atoms with van der Waals surface area (Å²) in [5.74, 6) is 3.21. The summed E-state index contributed by atoms with van der Waals surface area (Å²) < 4.78 is 1.97. The molecule has 0 aliphatic heterocycles. The van der Waals surface area contributed by atoms with Gasteiger partial charge in [0.05, 0.1) is 6.04 Å². The molecular weight excluding hydrogens is 324 g/mol. The Hall–Kier alpha value is -2.37. The lowest BCUT2D eigenvalue weighted by molar-refractivity contribution is 0.479. The van der Waals surface area contributed by atoms with Crippen LogP contribution in [0.25, 0.3) is 0 Å². The number of rotatable bonds is 8. The van der Waals surface area contributed by atoms with Crippen LogP contribution in [0.5, 0.6) is 0 Å². The van der Waals surface area contributed by atoms with Crippen molar-refractivity contribution in [1.29, 1.82) is 0 Å². The average Bonchev–Trinajstić information content (AvgIpc) is 2.99. The molecule has 1 aromatic heterocycles. The highest BCUT2D eigenvalue weighted by atomic mass is 15.3. The summed E-state index contributed by atoms with van der Waals surface area (Å²) >= 11 is 0. The van der Waals surface area contributed by atoms with E-state index in [1.807, 2.05) is 24.6 Å². The number of aromatic nitrogens is 3. The number of hydrogen-bond donors (Lipinski definition) is 2. The lowest BCUT2D eigenvalue weighted by atomic mass is 10.0. The smallest absolute Gasteiger partial charge is 0.192 e. The van der Waals surface area contributed by atoms with Crippen molar-refractivity contribution in [2.45, 2.75) is 53.1 Å². The van der Waals surface area contributed by atoms with Gasteiger partial charge >= 0.3 is 0 Å². The number of nitrogens with one attached hydrogen (secondary N) is 2. The predicted octanol–water partition coefficient (Wildman–Crippen LogP) is 3.36. The average molecular weight is 357 g/mol. The van der Waals surface area contributed by atoms with Crippen LogP contribution in [-0.2, 0) is 13.6 Å². The topological polar surface area (TPSA) is 67.1 Å². The number of guanidine groups is 1. The van der Waals surface area contributed by atoms with Gasteiger partial charge in [0.1, 0.15) is 12.4 Å². The SMILES string of the molecule is CCC(CC)CNC(=NCc1nnc(C)n1C)NC(C)c1ccccc1. The van der Waals surface area contributed by atoms with Crippen LogP contribution in [-0.4, -0.2) is 27.3 Å². The highest BCUT2D eigenvalue weighted by Gasteiger charge is 2.11. The molecule has 0 bridgehead atoms. The number of nitrogens with zero attached hydrogens (tertiary/aromatic N) is 4. The molecule has 26 heavy (non-hydrogen) atoms. The molecule has 0 fully saturated rings. The minimum absolute atomic E-state index is 0.172. The molecule has 1 unspecified atom stereocenters. The van der Waals surface area contributed by atoms with E-state index >= 15 is 0 Å². The molecular formula is C20H32N6. The zero-order chi connectivity index (χ0) is 18.9. The Morgan fingerprint density at radius 1 is 1.15 bits per heavy atom. The first-order valence-electron chi connectivity index (χ1n) is 9.49. The van der Waals surface area contributed by atoms with E-state index in [1.165, 1.54) is 5.56 Å². The molecule has 142 valence electrons. The van der Waals surface area contributed by atoms with Crippen molar-refractivity contribution >= 4 is 5.96 Å². The van der Waals surface area contributed by atoms with Gasteiger partial charge < -0.3 is 15.2 Å². The maximum atomic E-state index is 4.75. The predicted molar refractivity (Wildman–Crippen MR) is 107 cm³/mol. The molecule has 0 aliphatic carbocycles. The van der Waals surface area contributed by atoms with Gasteiger partial charge in [-0.3, -0.25) is 0 Å². The molecule has 1 heterocycles. The van der Waals surface area contributed by atoms with E-state index in [0.29, 0.717) is 12.5 Å². The van der Waals surface area contributed by atoms with E-state index in [4.69, 9.17) is 4.99 Å². The third-order valence-corrected chi connectivity index (χ3v) is 4.93. The van der Waals surface area contributed by atoms with E-state index in [1.54, 1.807) is 0 Å². The van der Waals surface area contributed by atoms with E-state index in [9.17, 15) is 0 Å². The Labute approximate surface area is 157 Å². The minimum Gasteiger partial charge on any atom is -0.356 e. The summed E-state index contributed by atoms with van der Waals surface area (Å²) in [4.78, 5) is 4.75. The third kappa shape index (κ3) is 5.58. The summed E-state index contributed by atoms with van der Waals surface area (Å²) in [5.41, 5.74) is 1.24. The van der Waals surface area contributed by atoms with Crippen molar-refractivity contribution in [2.75, 3.05) is 6.54 Å². The lowest BCUT2D eigenvalue weighted by Gasteiger charge is -2.21. The summed E-state index contributed by atoms with van der Waals surface area (Å²) in [7, 11) is 1.97. The van der Waals surface area contributed by atoms with Gasteiger partial charge in [0.15, 0.2) is 11.8 Å². The van der Waals surface area contributed by atoms with Crippen LogP contribution in [0.4, 0.5) is 0 Å². The maximum absolute atomic E-state index is 4.75. The van der Waals surface area contributed by atoms with Crippen LogP contribution in [0.3, 0.4) is 0 Å². The fourth-order valence-electron chi connectivity index (χ4n) is 2.74. The normalized spacial score (nSPS) is 13.1. The lowest BCUT2D eigenvalue weighted by Crippen LogP contribution is -2.41. The van der Waals surface area contributed by atoms with E-state index in [-0.39, 0.29) is 6.04 Å². The minimum atomic E-state index is 0.172. The van der Waals surface area contributed by atoms with Gasteiger partial charge in [0.25, 0.3) is 0 Å². The zero-order valence-corrected chi connectivity index (χ0v) is 16.7. The molecule has 2 rings (SSSR count). The van der Waals surface area contributed by atoms with Gasteiger partial charge in [-0.15, -0.1) is 10.2 Å². The van der Waals surface area contributed by atoms with Crippen molar-refractivity contribution < 1.29 is 0 Å². The zero-order valence-electron chi connectivity index (χ0n) is 16.7. The number of benzene rings is 1. The van der Waals surface area contributed by atoms with Crippen molar-refractivity contribution in [3.8, 4) is 0 Å². The van der Waals surface area contributed by atoms with Gasteiger partial charge in [0, 0.05) is 13.6 Å². The number of aliphatic imine (C=N–C) groups is 1. The molecule has 1 atom stereocenters. The van der Waals surface area contributed by atoms with Gasteiger partial charge in [0.2, 0.25) is 0 Å². The molecule has 6 nitrogen and oxygen atoms in total. The van der Waals surface area contributed by atoms with Crippen molar-refractivity contribution in [2.24, 2.45) is 18.0 Å². The van der Waals surface area contributed by atoms with Crippen LogP contribution in [0.1, 0.15) is 56.9 Å². The molecule has 1 aromatic carbocycles. The Morgan fingerprint density at radius 2 is 1.85 bits per heavy atom. The van der Waals surface area contributed by atoms with E-state index in [0.717, 1.165) is 37.0 Å². The Morgan fingerprint density at radius 3 is 2.42 bits per heavy atom. The van der Waals surface area contributed by atoms with Gasteiger partial charge in [-0.25, -0.2) is 4.99 Å². The van der Waals surface area contributed by atoms with E-state index in [2.05, 4.69) is 65.9 Å². The van der Waals surface area contributed by atoms with Crippen LogP contribution in [0.15, 0.2) is 35.3 Å². The fourth-order valence-corrected chi connectivity index (χ4v) is 2.74. The molecule has 0 spiro atoms. The standard InChI is InChI=1S/C20H32N6/c1-6-17(7-2)13-21-20(22-14-19-25-24-16(4)26(19)5)23-15(3)18-11-9-8-10-12-18/h8-12,15,17H,6-7,13-14H2,1-5H3,(H2,21,22,23). The van der Waals surface area contributed by atoms with Crippen LogP contribution >= 0.6 is 0 Å². The Balaban J connectivity index is 2.09. The Kier molecular flexibility index (Phi) is 7.63. The van der Waals surface area contributed by atoms with E-state index < -0.39 is 0 Å². The van der Waals surface area contributed by atoms with Crippen LogP contribution in [0, 0.1) is 12.8 Å². The second-order valence-corrected chi connectivity index (χ2v) is 6.73. The summed E-state index contributed by atoms with van der Waals surface area (Å²) in [6, 6.07) is 10.6. The number of aryl methyl sites for hydroxylation is 1. The second-order valence-electron chi connectivity index (χ2n) is 6.73. The fraction of sp³-hybridized carbons (Fsp3) is 0.550. The second kappa shape index (κ2) is 9.94. The first-order valence-corrected chi connectivity index (χ1v) is 9.49. The Bertz CT molecular complexity index is 688. The van der Waals surface area contributed by atoms with Crippen molar-refractivity contribution in [3.63, 3.8) is 0 Å².